The monoisotopic (exact) mass is 255 g/mol. The van der Waals surface area contributed by atoms with Crippen LogP contribution in [0.3, 0.4) is 0 Å². The average molecular weight is 255 g/mol. The topological polar surface area (TPSA) is 79.5 Å². The third-order valence-electron chi connectivity index (χ3n) is 2.98. The average Bonchev–Trinajstić information content (AvgIpc) is 2.96. The van der Waals surface area contributed by atoms with Crippen molar-refractivity contribution in [3.8, 4) is 0 Å². The van der Waals surface area contributed by atoms with Gasteiger partial charge < -0.3 is 15.7 Å². The van der Waals surface area contributed by atoms with Crippen molar-refractivity contribution in [3.63, 3.8) is 0 Å². The molecule has 5 nitrogen and oxygen atoms in total. The van der Waals surface area contributed by atoms with Gasteiger partial charge in [0.2, 0.25) is 0 Å². The molecule has 0 saturated carbocycles. The number of aromatic nitrogens is 1. The number of rotatable bonds is 4. The Balaban J connectivity index is 2.07. The van der Waals surface area contributed by atoms with Crippen LogP contribution in [0.1, 0.15) is 28.3 Å². The molecular formula is C11H17N3O2S. The van der Waals surface area contributed by atoms with Crippen LogP contribution in [-0.4, -0.2) is 46.6 Å². The van der Waals surface area contributed by atoms with Crippen molar-refractivity contribution >= 4 is 17.2 Å². The Labute approximate surface area is 104 Å². The Kier molecular flexibility index (Phi) is 4.09. The number of thiazole rings is 1. The van der Waals surface area contributed by atoms with Gasteiger partial charge in [0.25, 0.3) is 5.91 Å². The largest absolute Gasteiger partial charge is 0.394 e. The van der Waals surface area contributed by atoms with E-state index in [1.807, 2.05) is 0 Å². The molecule has 0 spiro atoms. The normalized spacial score (nSPS) is 19.9. The molecule has 1 aliphatic rings. The summed E-state index contributed by atoms with van der Waals surface area (Å²) in [4.78, 5) is 18.2. The SMILES string of the molecule is NCCc1nc(C(=O)N2CCCC2CO)cs1. The van der Waals surface area contributed by atoms with Gasteiger partial charge in [-0.15, -0.1) is 11.3 Å². The first-order valence-electron chi connectivity index (χ1n) is 5.82. The van der Waals surface area contributed by atoms with Gasteiger partial charge in [0, 0.05) is 18.3 Å². The fraction of sp³-hybridized carbons (Fsp3) is 0.636. The molecule has 1 unspecified atom stereocenters. The Morgan fingerprint density at radius 1 is 1.71 bits per heavy atom. The van der Waals surface area contributed by atoms with Gasteiger partial charge in [-0.3, -0.25) is 4.79 Å². The molecule has 6 heteroatoms. The molecule has 94 valence electrons. The Morgan fingerprint density at radius 2 is 2.53 bits per heavy atom. The molecule has 1 aromatic heterocycles. The molecule has 2 rings (SSSR count). The van der Waals surface area contributed by atoms with Crippen molar-refractivity contribution in [2.45, 2.75) is 25.3 Å². The number of likely N-dealkylation sites (tertiary alicyclic amines) is 1. The Hall–Kier alpha value is -0.980. The second-order valence-corrected chi connectivity index (χ2v) is 5.08. The first kappa shape index (κ1) is 12.5. The van der Waals surface area contributed by atoms with Crippen LogP contribution < -0.4 is 5.73 Å². The van der Waals surface area contributed by atoms with Gasteiger partial charge in [-0.25, -0.2) is 4.98 Å². The molecule has 1 aromatic rings. The summed E-state index contributed by atoms with van der Waals surface area (Å²) in [5, 5.41) is 11.9. The van der Waals surface area contributed by atoms with Crippen LogP contribution in [0.15, 0.2) is 5.38 Å². The van der Waals surface area contributed by atoms with Gasteiger partial charge in [0.1, 0.15) is 5.69 Å². The second-order valence-electron chi connectivity index (χ2n) is 4.14. The van der Waals surface area contributed by atoms with Crippen molar-refractivity contribution in [3.05, 3.63) is 16.1 Å². The van der Waals surface area contributed by atoms with Crippen molar-refractivity contribution in [2.75, 3.05) is 19.7 Å². The van der Waals surface area contributed by atoms with Gasteiger partial charge in [0.05, 0.1) is 17.7 Å². The van der Waals surface area contributed by atoms with Crippen molar-refractivity contribution in [2.24, 2.45) is 5.73 Å². The molecule has 0 bridgehead atoms. The minimum absolute atomic E-state index is 0.0333. The van der Waals surface area contributed by atoms with Gasteiger partial charge in [-0.2, -0.15) is 0 Å². The third-order valence-corrected chi connectivity index (χ3v) is 3.89. The van der Waals surface area contributed by atoms with E-state index >= 15 is 0 Å². The molecule has 0 aliphatic carbocycles. The van der Waals surface area contributed by atoms with E-state index in [2.05, 4.69) is 4.98 Å². The van der Waals surface area contributed by atoms with Crippen molar-refractivity contribution < 1.29 is 9.90 Å². The summed E-state index contributed by atoms with van der Waals surface area (Å²) in [6, 6.07) is -0.0397. The van der Waals surface area contributed by atoms with Crippen LogP contribution in [0, 0.1) is 0 Å². The van der Waals surface area contributed by atoms with Crippen molar-refractivity contribution in [1.29, 1.82) is 0 Å². The summed E-state index contributed by atoms with van der Waals surface area (Å²) in [7, 11) is 0. The van der Waals surface area contributed by atoms with E-state index in [4.69, 9.17) is 5.73 Å². The first-order chi connectivity index (χ1) is 8.26. The molecule has 1 fully saturated rings. The zero-order chi connectivity index (χ0) is 12.3. The minimum atomic E-state index is -0.0685. The van der Waals surface area contributed by atoms with E-state index in [-0.39, 0.29) is 18.6 Å². The van der Waals surface area contributed by atoms with E-state index in [9.17, 15) is 9.90 Å². The van der Waals surface area contributed by atoms with Crippen LogP contribution >= 0.6 is 11.3 Å². The van der Waals surface area contributed by atoms with Crippen LogP contribution in [0.4, 0.5) is 0 Å². The fourth-order valence-electron chi connectivity index (χ4n) is 2.09. The second kappa shape index (κ2) is 5.57. The van der Waals surface area contributed by atoms with E-state index in [0.29, 0.717) is 25.2 Å². The molecule has 1 amide bonds. The van der Waals surface area contributed by atoms with Crippen LogP contribution in [0.25, 0.3) is 0 Å². The van der Waals surface area contributed by atoms with Crippen LogP contribution in [0.2, 0.25) is 0 Å². The first-order valence-corrected chi connectivity index (χ1v) is 6.70. The summed E-state index contributed by atoms with van der Waals surface area (Å²) >= 11 is 1.47. The summed E-state index contributed by atoms with van der Waals surface area (Å²) in [6.07, 6.45) is 2.54. The molecule has 3 N–H and O–H groups in total. The number of carbonyl (C=O) groups is 1. The maximum atomic E-state index is 12.2. The maximum absolute atomic E-state index is 12.2. The highest BCUT2D eigenvalue weighted by atomic mass is 32.1. The van der Waals surface area contributed by atoms with E-state index in [1.165, 1.54) is 11.3 Å². The van der Waals surface area contributed by atoms with E-state index in [1.54, 1.807) is 10.3 Å². The number of nitrogens with two attached hydrogens (primary N) is 1. The highest BCUT2D eigenvalue weighted by Gasteiger charge is 2.29. The van der Waals surface area contributed by atoms with Gasteiger partial charge in [-0.05, 0) is 19.4 Å². The minimum Gasteiger partial charge on any atom is -0.394 e. The van der Waals surface area contributed by atoms with Crippen LogP contribution in [-0.2, 0) is 6.42 Å². The lowest BCUT2D eigenvalue weighted by molar-refractivity contribution is 0.0672. The smallest absolute Gasteiger partial charge is 0.273 e. The lowest BCUT2D eigenvalue weighted by Crippen LogP contribution is -2.37. The molecule has 1 aliphatic heterocycles. The number of hydrogen-bond acceptors (Lipinski definition) is 5. The zero-order valence-electron chi connectivity index (χ0n) is 9.63. The number of aliphatic hydroxyl groups is 1. The number of hydrogen-bond donors (Lipinski definition) is 2. The third kappa shape index (κ3) is 2.65. The molecule has 0 aromatic carbocycles. The molecule has 2 heterocycles. The standard InChI is InChI=1S/C11H17N3O2S/c12-4-3-10-13-9(7-17-10)11(16)14-5-1-2-8(14)6-15/h7-8,15H,1-6,12H2. The predicted molar refractivity (Wildman–Crippen MR) is 66.0 cm³/mol. The van der Waals surface area contributed by atoms with Gasteiger partial charge >= 0.3 is 0 Å². The molecule has 1 atom stereocenters. The van der Waals surface area contributed by atoms with Crippen molar-refractivity contribution in [1.82, 2.24) is 9.88 Å². The lowest BCUT2D eigenvalue weighted by Gasteiger charge is -2.21. The number of nitrogens with zero attached hydrogens (tertiary/aromatic N) is 2. The van der Waals surface area contributed by atoms with E-state index < -0.39 is 0 Å². The molecule has 17 heavy (non-hydrogen) atoms. The highest BCUT2D eigenvalue weighted by Crippen LogP contribution is 2.20. The molecular weight excluding hydrogens is 238 g/mol. The molecule has 0 radical (unpaired) electrons. The molecule has 1 saturated heterocycles. The fourth-order valence-corrected chi connectivity index (χ4v) is 2.88. The van der Waals surface area contributed by atoms with Gasteiger partial charge in [-0.1, -0.05) is 0 Å². The quantitative estimate of drug-likeness (QED) is 0.808. The Bertz CT molecular complexity index is 394. The summed E-state index contributed by atoms with van der Waals surface area (Å²) in [6.45, 7) is 1.30. The highest BCUT2D eigenvalue weighted by molar-refractivity contribution is 7.09. The van der Waals surface area contributed by atoms with E-state index in [0.717, 1.165) is 17.8 Å². The number of aliphatic hydroxyl groups excluding tert-OH is 1. The lowest BCUT2D eigenvalue weighted by atomic mass is 10.2. The number of amides is 1. The predicted octanol–water partition coefficient (Wildman–Crippen LogP) is 0.241. The zero-order valence-corrected chi connectivity index (χ0v) is 10.4. The summed E-state index contributed by atoms with van der Waals surface area (Å²) in [5.74, 6) is -0.0685. The Morgan fingerprint density at radius 3 is 3.24 bits per heavy atom. The summed E-state index contributed by atoms with van der Waals surface area (Å²) in [5.41, 5.74) is 5.93. The summed E-state index contributed by atoms with van der Waals surface area (Å²) < 4.78 is 0. The number of carbonyl (C=O) groups excluding carboxylic acids is 1. The van der Waals surface area contributed by atoms with Gasteiger partial charge in [0.15, 0.2) is 0 Å². The maximum Gasteiger partial charge on any atom is 0.273 e. The van der Waals surface area contributed by atoms with Crippen LogP contribution in [0.5, 0.6) is 0 Å².